The van der Waals surface area contributed by atoms with Gasteiger partial charge in [-0.05, 0) is 30.4 Å². The largest absolute Gasteiger partial charge is 0.351 e. The minimum Gasteiger partial charge on any atom is -0.351 e. The van der Waals surface area contributed by atoms with Gasteiger partial charge in [-0.25, -0.2) is 15.8 Å². The first-order chi connectivity index (χ1) is 10.1. The summed E-state index contributed by atoms with van der Waals surface area (Å²) in [4.78, 5) is 13.1. The molecule has 1 aliphatic heterocycles. The van der Waals surface area contributed by atoms with Gasteiger partial charge < -0.3 is 10.3 Å². The van der Waals surface area contributed by atoms with Crippen molar-refractivity contribution in [3.63, 3.8) is 0 Å². The molecule has 6 heteroatoms. The van der Waals surface area contributed by atoms with E-state index in [2.05, 4.69) is 40.6 Å². The van der Waals surface area contributed by atoms with Crippen molar-refractivity contribution < 1.29 is 0 Å². The average Bonchev–Trinajstić information content (AvgIpc) is 2.94. The number of hydrazine groups is 1. The second kappa shape index (κ2) is 5.61. The van der Waals surface area contributed by atoms with Crippen molar-refractivity contribution in [1.82, 2.24) is 9.97 Å². The maximum atomic E-state index is 5.62. The first-order valence-electron chi connectivity index (χ1n) is 7.25. The van der Waals surface area contributed by atoms with Gasteiger partial charge in [-0.2, -0.15) is 0 Å². The van der Waals surface area contributed by atoms with Gasteiger partial charge in [0.05, 0.1) is 0 Å². The minimum absolute atomic E-state index is 0.276. The lowest BCUT2D eigenvalue weighted by atomic mass is 10.1. The molecule has 3 rings (SSSR count). The molecule has 112 valence electrons. The lowest BCUT2D eigenvalue weighted by Gasteiger charge is -2.30. The van der Waals surface area contributed by atoms with Crippen molar-refractivity contribution in [2.45, 2.75) is 39.7 Å². The van der Waals surface area contributed by atoms with Crippen LogP contribution in [0.15, 0.2) is 11.4 Å². The zero-order valence-electron chi connectivity index (χ0n) is 12.7. The molecule has 0 unspecified atom stereocenters. The van der Waals surface area contributed by atoms with Gasteiger partial charge in [0.15, 0.2) is 0 Å². The molecule has 0 saturated carbocycles. The van der Waals surface area contributed by atoms with Gasteiger partial charge in [0.1, 0.15) is 17.5 Å². The smallest absolute Gasteiger partial charge is 0.148 e. The normalized spacial score (nSPS) is 14.4. The van der Waals surface area contributed by atoms with E-state index in [1.54, 1.807) is 0 Å². The van der Waals surface area contributed by atoms with Gasteiger partial charge >= 0.3 is 0 Å². The van der Waals surface area contributed by atoms with Gasteiger partial charge in [0.25, 0.3) is 0 Å². The van der Waals surface area contributed by atoms with Crippen LogP contribution >= 0.6 is 11.3 Å². The summed E-state index contributed by atoms with van der Waals surface area (Å²) in [5.41, 5.74) is 5.14. The number of nitrogen functional groups attached to an aromatic ring is 1. The second-order valence-electron chi connectivity index (χ2n) is 5.72. The molecule has 2 aromatic rings. The van der Waals surface area contributed by atoms with Gasteiger partial charge in [-0.15, -0.1) is 11.3 Å². The molecule has 0 spiro atoms. The number of nitrogens with two attached hydrogens (primary N) is 1. The van der Waals surface area contributed by atoms with Crippen LogP contribution in [0.3, 0.4) is 0 Å². The van der Waals surface area contributed by atoms with Crippen LogP contribution in [-0.2, 0) is 13.0 Å². The van der Waals surface area contributed by atoms with E-state index in [1.807, 2.05) is 18.3 Å². The highest BCUT2D eigenvalue weighted by Gasteiger charge is 2.22. The average molecular weight is 303 g/mol. The van der Waals surface area contributed by atoms with Crippen LogP contribution in [0.2, 0.25) is 0 Å². The molecule has 0 aliphatic carbocycles. The molecule has 2 aromatic heterocycles. The third kappa shape index (κ3) is 2.61. The van der Waals surface area contributed by atoms with E-state index in [0.29, 0.717) is 0 Å². The third-order valence-electron chi connectivity index (χ3n) is 3.90. The summed E-state index contributed by atoms with van der Waals surface area (Å²) in [7, 11) is 0. The van der Waals surface area contributed by atoms with Crippen LogP contribution in [0, 0.1) is 6.92 Å². The summed E-state index contributed by atoms with van der Waals surface area (Å²) in [5, 5.41) is 2.17. The SMILES string of the molecule is Cc1c(NN)nc(C(C)C)nc1N1CCc2sccc2C1. The monoisotopic (exact) mass is 303 g/mol. The molecular formula is C15H21N5S. The number of anilines is 2. The number of nitrogens with zero attached hydrogens (tertiary/aromatic N) is 3. The predicted octanol–water partition coefficient (Wildman–Crippen LogP) is 2.82. The van der Waals surface area contributed by atoms with Crippen molar-refractivity contribution in [3.05, 3.63) is 33.3 Å². The van der Waals surface area contributed by atoms with E-state index in [4.69, 9.17) is 10.8 Å². The summed E-state index contributed by atoms with van der Waals surface area (Å²) >= 11 is 1.85. The molecule has 0 aromatic carbocycles. The molecule has 0 fully saturated rings. The Bertz CT molecular complexity index is 650. The minimum atomic E-state index is 0.276. The number of thiophene rings is 1. The number of fused-ring (bicyclic) bond motifs is 1. The Kier molecular flexibility index (Phi) is 3.82. The summed E-state index contributed by atoms with van der Waals surface area (Å²) < 4.78 is 0. The van der Waals surface area contributed by atoms with Crippen molar-refractivity contribution in [2.75, 3.05) is 16.9 Å². The van der Waals surface area contributed by atoms with Crippen molar-refractivity contribution >= 4 is 23.0 Å². The van der Waals surface area contributed by atoms with Gasteiger partial charge in [0.2, 0.25) is 0 Å². The lowest BCUT2D eigenvalue weighted by molar-refractivity contribution is 0.707. The van der Waals surface area contributed by atoms with E-state index in [0.717, 1.165) is 42.5 Å². The summed E-state index contributed by atoms with van der Waals surface area (Å²) in [6, 6.07) is 2.22. The number of hydrogen-bond donors (Lipinski definition) is 2. The summed E-state index contributed by atoms with van der Waals surface area (Å²) in [6.07, 6.45) is 1.08. The lowest BCUT2D eigenvalue weighted by Crippen LogP contribution is -2.31. The van der Waals surface area contributed by atoms with Gasteiger partial charge in [0, 0.05) is 29.4 Å². The topological polar surface area (TPSA) is 67.1 Å². The first kappa shape index (κ1) is 14.3. The fourth-order valence-electron chi connectivity index (χ4n) is 2.66. The Labute approximate surface area is 129 Å². The number of aromatic nitrogens is 2. The van der Waals surface area contributed by atoms with Crippen molar-refractivity contribution in [1.29, 1.82) is 0 Å². The predicted molar refractivity (Wildman–Crippen MR) is 87.7 cm³/mol. The fraction of sp³-hybridized carbons (Fsp3) is 0.467. The first-order valence-corrected chi connectivity index (χ1v) is 8.13. The fourth-order valence-corrected chi connectivity index (χ4v) is 3.55. The summed E-state index contributed by atoms with van der Waals surface area (Å²) in [5.74, 6) is 8.45. The molecule has 1 aliphatic rings. The van der Waals surface area contributed by atoms with E-state index in [9.17, 15) is 0 Å². The molecule has 0 amide bonds. The molecule has 3 heterocycles. The molecule has 0 saturated heterocycles. The molecule has 21 heavy (non-hydrogen) atoms. The van der Waals surface area contributed by atoms with Crippen molar-refractivity contribution in [2.24, 2.45) is 5.84 Å². The van der Waals surface area contributed by atoms with Crippen molar-refractivity contribution in [3.8, 4) is 0 Å². The molecule has 5 nitrogen and oxygen atoms in total. The number of hydrogen-bond acceptors (Lipinski definition) is 6. The zero-order valence-corrected chi connectivity index (χ0v) is 13.5. The van der Waals surface area contributed by atoms with E-state index >= 15 is 0 Å². The summed E-state index contributed by atoms with van der Waals surface area (Å²) in [6.45, 7) is 8.13. The molecular weight excluding hydrogens is 282 g/mol. The molecule has 0 bridgehead atoms. The molecule has 0 atom stereocenters. The number of rotatable bonds is 3. The maximum Gasteiger partial charge on any atom is 0.148 e. The van der Waals surface area contributed by atoms with E-state index < -0.39 is 0 Å². The van der Waals surface area contributed by atoms with Gasteiger partial charge in [-0.3, -0.25) is 0 Å². The second-order valence-corrected chi connectivity index (χ2v) is 6.72. The molecule has 0 radical (unpaired) electrons. The maximum absolute atomic E-state index is 5.62. The van der Waals surface area contributed by atoms with Crippen LogP contribution in [0.1, 0.15) is 41.6 Å². The van der Waals surface area contributed by atoms with Crippen LogP contribution < -0.4 is 16.2 Å². The van der Waals surface area contributed by atoms with Crippen LogP contribution in [0.25, 0.3) is 0 Å². The highest BCUT2D eigenvalue weighted by Crippen LogP contribution is 2.31. The Morgan fingerprint density at radius 1 is 1.38 bits per heavy atom. The zero-order chi connectivity index (χ0) is 15.0. The van der Waals surface area contributed by atoms with Crippen LogP contribution in [0.4, 0.5) is 11.6 Å². The number of nitrogens with one attached hydrogen (secondary N) is 1. The third-order valence-corrected chi connectivity index (χ3v) is 4.92. The standard InChI is InChI=1S/C15H21N5S/c1-9(2)13-17-14(19-16)10(3)15(18-13)20-6-4-12-11(8-20)5-7-21-12/h5,7,9H,4,6,8,16H2,1-3H3,(H,17,18,19). The van der Waals surface area contributed by atoms with E-state index in [-0.39, 0.29) is 5.92 Å². The van der Waals surface area contributed by atoms with Crippen LogP contribution in [-0.4, -0.2) is 16.5 Å². The highest BCUT2D eigenvalue weighted by molar-refractivity contribution is 7.10. The Hall–Kier alpha value is -1.66. The quantitative estimate of drug-likeness (QED) is 0.674. The Morgan fingerprint density at radius 2 is 2.19 bits per heavy atom. The van der Waals surface area contributed by atoms with E-state index in [1.165, 1.54) is 10.4 Å². The van der Waals surface area contributed by atoms with Gasteiger partial charge in [-0.1, -0.05) is 13.8 Å². The Morgan fingerprint density at radius 3 is 2.90 bits per heavy atom. The Balaban J connectivity index is 2.00. The highest BCUT2D eigenvalue weighted by atomic mass is 32.1. The van der Waals surface area contributed by atoms with Crippen LogP contribution in [0.5, 0.6) is 0 Å². The molecule has 3 N–H and O–H groups in total.